The van der Waals surface area contributed by atoms with E-state index in [4.69, 9.17) is 0 Å². The molecule has 0 unspecified atom stereocenters. The average Bonchev–Trinajstić information content (AvgIpc) is 3.54. The second-order valence-electron chi connectivity index (χ2n) is 10.4. The van der Waals surface area contributed by atoms with Gasteiger partial charge >= 0.3 is 6.18 Å². The molecule has 0 aliphatic carbocycles. The molecule has 1 aromatic heterocycles. The van der Waals surface area contributed by atoms with Gasteiger partial charge in [0, 0.05) is 17.2 Å². The molecule has 192 valence electrons. The zero-order valence-electron chi connectivity index (χ0n) is 19.7. The van der Waals surface area contributed by atoms with Crippen LogP contribution < -0.4 is 10.6 Å². The number of carbonyl (C=O) groups is 3. The summed E-state index contributed by atoms with van der Waals surface area (Å²) in [5.41, 5.74) is -1.62. The minimum absolute atomic E-state index is 0.155. The molecule has 3 atom stereocenters. The molecule has 8 nitrogen and oxygen atoms in total. The SMILES string of the molecule is CC1(C)C[C@@H](C[C@@H](C#N)NC(=O)[C@@H]2CS3(CCCC3)CN2C(=O)c2ccc(C(F)(F)F)[nH]2)C(=O)N1. The van der Waals surface area contributed by atoms with E-state index in [0.29, 0.717) is 18.1 Å². The third-order valence-electron chi connectivity index (χ3n) is 7.07. The van der Waals surface area contributed by atoms with Crippen molar-refractivity contribution in [3.63, 3.8) is 0 Å². The molecule has 3 amide bonds. The number of nitrogens with one attached hydrogen (secondary N) is 3. The fourth-order valence-electron chi connectivity index (χ4n) is 5.42. The molecule has 0 saturated carbocycles. The van der Waals surface area contributed by atoms with Crippen molar-refractivity contribution in [2.45, 2.75) is 63.3 Å². The van der Waals surface area contributed by atoms with Gasteiger partial charge < -0.3 is 20.5 Å². The Labute approximate surface area is 203 Å². The van der Waals surface area contributed by atoms with Gasteiger partial charge in [-0.25, -0.2) is 10.0 Å². The molecule has 0 aromatic carbocycles. The number of alkyl halides is 3. The van der Waals surface area contributed by atoms with Gasteiger partial charge in [-0.15, -0.1) is 0 Å². The molecule has 12 heteroatoms. The second-order valence-corrected chi connectivity index (χ2v) is 14.3. The van der Waals surface area contributed by atoms with Crippen LogP contribution in [0.5, 0.6) is 0 Å². The molecule has 3 saturated heterocycles. The Hall–Kier alpha value is -2.68. The van der Waals surface area contributed by atoms with Crippen LogP contribution >= 0.6 is 10.0 Å². The maximum Gasteiger partial charge on any atom is 0.431 e. The summed E-state index contributed by atoms with van der Waals surface area (Å²) in [6.07, 6.45) is -1.92. The smallest absolute Gasteiger partial charge is 0.351 e. The van der Waals surface area contributed by atoms with Gasteiger partial charge in [0.2, 0.25) is 11.8 Å². The quantitative estimate of drug-likeness (QED) is 0.561. The molecule has 0 bridgehead atoms. The van der Waals surface area contributed by atoms with Crippen molar-refractivity contribution in [3.05, 3.63) is 23.5 Å². The van der Waals surface area contributed by atoms with E-state index in [-0.39, 0.29) is 23.6 Å². The Morgan fingerprint density at radius 1 is 1.31 bits per heavy atom. The normalized spacial score (nSPS) is 26.9. The summed E-state index contributed by atoms with van der Waals surface area (Å²) in [7, 11) is -1.27. The highest BCUT2D eigenvalue weighted by Crippen LogP contribution is 2.59. The zero-order chi connectivity index (χ0) is 25.6. The summed E-state index contributed by atoms with van der Waals surface area (Å²) in [4.78, 5) is 42.3. The van der Waals surface area contributed by atoms with E-state index in [2.05, 4.69) is 15.6 Å². The molecule has 4 rings (SSSR count). The Morgan fingerprint density at radius 3 is 2.54 bits per heavy atom. The van der Waals surface area contributed by atoms with Gasteiger partial charge in [0.15, 0.2) is 0 Å². The highest BCUT2D eigenvalue weighted by Gasteiger charge is 2.48. The Balaban J connectivity index is 1.50. The molecule has 3 aliphatic heterocycles. The van der Waals surface area contributed by atoms with E-state index in [0.717, 1.165) is 36.5 Å². The molecule has 3 aliphatic rings. The molecule has 3 N–H and O–H groups in total. The predicted molar refractivity (Wildman–Crippen MR) is 125 cm³/mol. The number of nitriles is 1. The van der Waals surface area contributed by atoms with Crippen LogP contribution in [0.4, 0.5) is 13.2 Å². The van der Waals surface area contributed by atoms with Gasteiger partial charge in [0.25, 0.3) is 5.91 Å². The van der Waals surface area contributed by atoms with Gasteiger partial charge in [0.05, 0.1) is 11.9 Å². The third-order valence-corrected chi connectivity index (χ3v) is 11.2. The van der Waals surface area contributed by atoms with Crippen molar-refractivity contribution in [2.24, 2.45) is 5.92 Å². The summed E-state index contributed by atoms with van der Waals surface area (Å²) < 4.78 is 39.1. The summed E-state index contributed by atoms with van der Waals surface area (Å²) >= 11 is 0. The highest BCUT2D eigenvalue weighted by molar-refractivity contribution is 8.34. The van der Waals surface area contributed by atoms with Gasteiger partial charge in [-0.3, -0.25) is 14.4 Å². The first-order chi connectivity index (χ1) is 16.3. The van der Waals surface area contributed by atoms with E-state index in [1.165, 1.54) is 4.90 Å². The monoisotopic (exact) mass is 513 g/mol. The van der Waals surface area contributed by atoms with Gasteiger partial charge in [-0.1, -0.05) is 0 Å². The summed E-state index contributed by atoms with van der Waals surface area (Å²) in [5, 5.41) is 15.2. The standard InChI is InChI=1S/C23H30F3N5O3S/c1-22(2)10-14(19(32)30-22)9-15(11-27)28-20(33)17-12-35(7-3-4-8-35)13-31(17)21(34)16-5-6-18(29-16)23(24,25)26/h5-6,14-15,17,29H,3-4,7-10,12-13H2,1-2H3,(H,28,33)(H,30,32)/t14-,15+,17+/m1/s1. The molecular weight excluding hydrogens is 483 g/mol. The first kappa shape index (κ1) is 25.4. The number of H-pyrrole nitrogens is 1. The predicted octanol–water partition coefficient (Wildman–Crippen LogP) is 2.73. The lowest BCUT2D eigenvalue weighted by Gasteiger charge is -2.29. The van der Waals surface area contributed by atoms with Crippen molar-refractivity contribution in [1.29, 1.82) is 5.26 Å². The molecule has 1 spiro atoms. The number of aromatic nitrogens is 1. The first-order valence-corrected chi connectivity index (χ1v) is 14.0. The van der Waals surface area contributed by atoms with Gasteiger partial charge in [-0.2, -0.15) is 18.4 Å². The summed E-state index contributed by atoms with van der Waals surface area (Å²) in [6, 6.07) is 2.18. The fourth-order valence-corrected chi connectivity index (χ4v) is 9.84. The number of rotatable bonds is 5. The Morgan fingerprint density at radius 2 is 2.00 bits per heavy atom. The third kappa shape index (κ3) is 5.29. The topological polar surface area (TPSA) is 118 Å². The maximum atomic E-state index is 13.3. The van der Waals surface area contributed by atoms with Crippen LogP contribution in [0.1, 0.15) is 55.7 Å². The molecule has 0 radical (unpaired) electrons. The lowest BCUT2D eigenvalue weighted by Crippen LogP contribution is -2.50. The van der Waals surface area contributed by atoms with Gasteiger partial charge in [-0.05, 0) is 63.2 Å². The number of amides is 3. The van der Waals surface area contributed by atoms with Crippen molar-refractivity contribution in [2.75, 3.05) is 23.1 Å². The summed E-state index contributed by atoms with van der Waals surface area (Å²) in [6.45, 7) is 3.78. The van der Waals surface area contributed by atoms with Crippen molar-refractivity contribution < 1.29 is 27.6 Å². The number of aromatic amines is 1. The number of hydrogen-bond donors (Lipinski definition) is 3. The van der Waals surface area contributed by atoms with E-state index in [9.17, 15) is 32.8 Å². The Kier molecular flexibility index (Phi) is 6.59. The molecule has 1 aromatic rings. The summed E-state index contributed by atoms with van der Waals surface area (Å²) in [5.74, 6) is 0.943. The number of hydrogen-bond acceptors (Lipinski definition) is 4. The van der Waals surface area contributed by atoms with Gasteiger partial charge in [0.1, 0.15) is 23.5 Å². The zero-order valence-corrected chi connectivity index (χ0v) is 20.5. The van der Waals surface area contributed by atoms with E-state index >= 15 is 0 Å². The highest BCUT2D eigenvalue weighted by atomic mass is 32.3. The van der Waals surface area contributed by atoms with Crippen LogP contribution in [0.25, 0.3) is 0 Å². The van der Waals surface area contributed by atoms with E-state index in [1.807, 2.05) is 19.9 Å². The second kappa shape index (κ2) is 9.08. The molecular formula is C23H30F3N5O3S. The largest absolute Gasteiger partial charge is 0.431 e. The number of carbonyl (C=O) groups excluding carboxylic acids is 3. The minimum atomic E-state index is -4.61. The van der Waals surface area contributed by atoms with Crippen molar-refractivity contribution in [1.82, 2.24) is 20.5 Å². The van der Waals surface area contributed by atoms with Crippen LogP contribution in [-0.2, 0) is 15.8 Å². The van der Waals surface area contributed by atoms with Crippen LogP contribution in [0.3, 0.4) is 0 Å². The van der Waals surface area contributed by atoms with Crippen molar-refractivity contribution >= 4 is 27.7 Å². The molecule has 35 heavy (non-hydrogen) atoms. The van der Waals surface area contributed by atoms with Crippen molar-refractivity contribution in [3.8, 4) is 6.07 Å². The number of halogens is 3. The van der Waals surface area contributed by atoms with Crippen LogP contribution in [0, 0.1) is 17.2 Å². The maximum absolute atomic E-state index is 13.3. The fraction of sp³-hybridized carbons (Fsp3) is 0.652. The van der Waals surface area contributed by atoms with E-state index < -0.39 is 51.7 Å². The van der Waals surface area contributed by atoms with Crippen LogP contribution in [0.2, 0.25) is 0 Å². The van der Waals surface area contributed by atoms with E-state index in [1.54, 1.807) is 0 Å². The van der Waals surface area contributed by atoms with Crippen LogP contribution in [0.15, 0.2) is 12.1 Å². The molecule has 4 heterocycles. The lowest BCUT2D eigenvalue weighted by molar-refractivity contribution is -0.140. The first-order valence-electron chi connectivity index (χ1n) is 11.7. The van der Waals surface area contributed by atoms with Crippen LogP contribution in [-0.4, -0.2) is 68.4 Å². The average molecular weight is 514 g/mol. The lowest BCUT2D eigenvalue weighted by atomic mass is 9.92. The number of nitrogens with zero attached hydrogens (tertiary/aromatic N) is 2. The molecule has 3 fully saturated rings. The Bertz CT molecular complexity index is 1060. The minimum Gasteiger partial charge on any atom is -0.351 e.